The highest BCUT2D eigenvalue weighted by Crippen LogP contribution is 2.19. The van der Waals surface area contributed by atoms with Gasteiger partial charge in [-0.2, -0.15) is 5.10 Å². The first kappa shape index (κ1) is 15.6. The molecule has 114 valence electrons. The van der Waals surface area contributed by atoms with Gasteiger partial charge in [-0.1, -0.05) is 32.0 Å². The van der Waals surface area contributed by atoms with Gasteiger partial charge in [-0.3, -0.25) is 4.68 Å². The van der Waals surface area contributed by atoms with Crippen molar-refractivity contribution in [1.82, 2.24) is 15.1 Å². The summed E-state index contributed by atoms with van der Waals surface area (Å²) in [6.07, 6.45) is 4.25. The second kappa shape index (κ2) is 7.84. The molecule has 0 spiro atoms. The lowest BCUT2D eigenvalue weighted by Crippen LogP contribution is -2.09. The van der Waals surface area contributed by atoms with Gasteiger partial charge in [0.25, 0.3) is 0 Å². The summed E-state index contributed by atoms with van der Waals surface area (Å²) in [5, 5.41) is 7.78. The van der Waals surface area contributed by atoms with Crippen molar-refractivity contribution in [1.29, 1.82) is 0 Å². The molecule has 0 aliphatic carbocycles. The molecule has 0 bridgehead atoms. The maximum atomic E-state index is 5.92. The van der Waals surface area contributed by atoms with Gasteiger partial charge in [-0.25, -0.2) is 0 Å². The van der Waals surface area contributed by atoms with E-state index in [9.17, 15) is 0 Å². The number of rotatable bonds is 8. The Morgan fingerprint density at radius 2 is 1.95 bits per heavy atom. The fraction of sp³-hybridized carbons (Fsp3) is 0.471. The second-order valence-corrected chi connectivity index (χ2v) is 5.18. The zero-order valence-corrected chi connectivity index (χ0v) is 13.2. The molecule has 1 N–H and O–H groups in total. The Hall–Kier alpha value is -1.81. The Morgan fingerprint density at radius 3 is 2.67 bits per heavy atom. The Morgan fingerprint density at radius 1 is 1.19 bits per heavy atom. The van der Waals surface area contributed by atoms with Crippen LogP contribution in [0.25, 0.3) is 0 Å². The molecule has 2 aromatic rings. The van der Waals surface area contributed by atoms with Gasteiger partial charge in [0.05, 0.1) is 11.7 Å². The summed E-state index contributed by atoms with van der Waals surface area (Å²) in [5.74, 6) is 0.920. The first-order valence-corrected chi connectivity index (χ1v) is 7.67. The normalized spacial score (nSPS) is 11.0. The van der Waals surface area contributed by atoms with Crippen LogP contribution in [-0.2, 0) is 13.2 Å². The fourth-order valence-corrected chi connectivity index (χ4v) is 2.45. The molecule has 0 aliphatic rings. The minimum absolute atomic E-state index is 0.482. The van der Waals surface area contributed by atoms with Gasteiger partial charge in [-0.05, 0) is 32.0 Å². The SMILES string of the molecule is CCC(CC)n1ccc(COc2ccccc2CNC)n1. The van der Waals surface area contributed by atoms with Crippen LogP contribution in [0.4, 0.5) is 0 Å². The molecule has 0 amide bonds. The Labute approximate surface area is 127 Å². The lowest BCUT2D eigenvalue weighted by atomic mass is 10.2. The third-order valence-corrected chi connectivity index (χ3v) is 3.70. The molecule has 2 rings (SSSR count). The van der Waals surface area contributed by atoms with Gasteiger partial charge in [-0.15, -0.1) is 0 Å². The summed E-state index contributed by atoms with van der Waals surface area (Å²) in [4.78, 5) is 0. The lowest BCUT2D eigenvalue weighted by molar-refractivity contribution is 0.293. The average molecular weight is 287 g/mol. The molecule has 21 heavy (non-hydrogen) atoms. The standard InChI is InChI=1S/C17H25N3O/c1-4-16(5-2)20-11-10-15(19-20)13-21-17-9-7-6-8-14(17)12-18-3/h6-11,16,18H,4-5,12-13H2,1-3H3. The third kappa shape index (κ3) is 4.08. The summed E-state index contributed by atoms with van der Waals surface area (Å²) in [7, 11) is 1.94. The first-order valence-electron chi connectivity index (χ1n) is 7.67. The Kier molecular flexibility index (Phi) is 5.81. The molecule has 0 fully saturated rings. The van der Waals surface area contributed by atoms with Crippen LogP contribution in [0.2, 0.25) is 0 Å². The fourth-order valence-electron chi connectivity index (χ4n) is 2.45. The number of hydrogen-bond acceptors (Lipinski definition) is 3. The van der Waals surface area contributed by atoms with E-state index in [0.29, 0.717) is 12.6 Å². The van der Waals surface area contributed by atoms with E-state index in [1.807, 2.05) is 31.3 Å². The van der Waals surface area contributed by atoms with E-state index in [-0.39, 0.29) is 0 Å². The minimum Gasteiger partial charge on any atom is -0.487 e. The van der Waals surface area contributed by atoms with Crippen molar-refractivity contribution in [3.8, 4) is 5.75 Å². The number of nitrogens with one attached hydrogen (secondary N) is 1. The van der Waals surface area contributed by atoms with Crippen molar-refractivity contribution in [3.63, 3.8) is 0 Å². The lowest BCUT2D eigenvalue weighted by Gasteiger charge is -2.13. The van der Waals surface area contributed by atoms with Crippen molar-refractivity contribution in [2.45, 2.75) is 45.9 Å². The molecule has 0 aliphatic heterocycles. The van der Waals surface area contributed by atoms with Crippen molar-refractivity contribution >= 4 is 0 Å². The predicted octanol–water partition coefficient (Wildman–Crippen LogP) is 3.54. The highest BCUT2D eigenvalue weighted by Gasteiger charge is 2.09. The molecular weight excluding hydrogens is 262 g/mol. The maximum Gasteiger partial charge on any atom is 0.132 e. The maximum absolute atomic E-state index is 5.92. The van der Waals surface area contributed by atoms with Gasteiger partial charge >= 0.3 is 0 Å². The molecule has 0 saturated carbocycles. The number of nitrogens with zero attached hydrogens (tertiary/aromatic N) is 2. The van der Waals surface area contributed by atoms with Crippen LogP contribution in [0.1, 0.15) is 44.0 Å². The largest absolute Gasteiger partial charge is 0.487 e. The molecule has 1 heterocycles. The zero-order chi connectivity index (χ0) is 15.1. The van der Waals surface area contributed by atoms with E-state index in [0.717, 1.165) is 30.8 Å². The van der Waals surface area contributed by atoms with Crippen LogP contribution < -0.4 is 10.1 Å². The predicted molar refractivity (Wildman–Crippen MR) is 85.4 cm³/mol. The van der Waals surface area contributed by atoms with Gasteiger partial charge < -0.3 is 10.1 Å². The monoisotopic (exact) mass is 287 g/mol. The Balaban J connectivity index is 2.00. The van der Waals surface area contributed by atoms with E-state index in [1.165, 1.54) is 5.56 Å². The number of hydrogen-bond donors (Lipinski definition) is 1. The first-order chi connectivity index (χ1) is 10.3. The van der Waals surface area contributed by atoms with Crippen LogP contribution >= 0.6 is 0 Å². The van der Waals surface area contributed by atoms with E-state index >= 15 is 0 Å². The van der Waals surface area contributed by atoms with Crippen LogP contribution in [0.15, 0.2) is 36.5 Å². The van der Waals surface area contributed by atoms with Crippen molar-refractivity contribution < 1.29 is 4.74 Å². The quantitative estimate of drug-likeness (QED) is 0.807. The smallest absolute Gasteiger partial charge is 0.132 e. The van der Waals surface area contributed by atoms with E-state index in [2.05, 4.69) is 41.2 Å². The van der Waals surface area contributed by atoms with Crippen molar-refractivity contribution in [2.24, 2.45) is 0 Å². The molecule has 1 aromatic carbocycles. The van der Waals surface area contributed by atoms with Gasteiger partial charge in [0.15, 0.2) is 0 Å². The molecule has 1 aromatic heterocycles. The number of aromatic nitrogens is 2. The molecular formula is C17H25N3O. The topological polar surface area (TPSA) is 39.1 Å². The molecule has 0 unspecified atom stereocenters. The molecule has 0 atom stereocenters. The summed E-state index contributed by atoms with van der Waals surface area (Å²) < 4.78 is 7.97. The van der Waals surface area contributed by atoms with E-state index in [1.54, 1.807) is 0 Å². The van der Waals surface area contributed by atoms with Gasteiger partial charge in [0.1, 0.15) is 12.4 Å². The minimum atomic E-state index is 0.482. The van der Waals surface area contributed by atoms with Gasteiger partial charge in [0, 0.05) is 18.3 Å². The van der Waals surface area contributed by atoms with Crippen LogP contribution in [0, 0.1) is 0 Å². The van der Waals surface area contributed by atoms with Crippen molar-refractivity contribution in [3.05, 3.63) is 47.8 Å². The summed E-state index contributed by atoms with van der Waals surface area (Å²) >= 11 is 0. The third-order valence-electron chi connectivity index (χ3n) is 3.70. The number of benzene rings is 1. The second-order valence-electron chi connectivity index (χ2n) is 5.18. The number of para-hydroxylation sites is 1. The summed E-state index contributed by atoms with van der Waals surface area (Å²) in [6, 6.07) is 10.6. The van der Waals surface area contributed by atoms with Crippen LogP contribution in [0.5, 0.6) is 5.75 Å². The molecule has 4 heteroatoms. The highest BCUT2D eigenvalue weighted by atomic mass is 16.5. The summed E-state index contributed by atoms with van der Waals surface area (Å²) in [6.45, 7) is 5.70. The van der Waals surface area contributed by atoms with E-state index in [4.69, 9.17) is 4.74 Å². The Bertz CT molecular complexity index is 546. The average Bonchev–Trinajstić information content (AvgIpc) is 2.97. The molecule has 0 saturated heterocycles. The van der Waals surface area contributed by atoms with Crippen molar-refractivity contribution in [2.75, 3.05) is 7.05 Å². The molecule has 0 radical (unpaired) electrons. The zero-order valence-electron chi connectivity index (χ0n) is 13.2. The molecule has 4 nitrogen and oxygen atoms in total. The summed E-state index contributed by atoms with van der Waals surface area (Å²) in [5.41, 5.74) is 2.14. The van der Waals surface area contributed by atoms with Gasteiger partial charge in [0.2, 0.25) is 0 Å². The van der Waals surface area contributed by atoms with E-state index < -0.39 is 0 Å². The number of ether oxygens (including phenoxy) is 1. The van der Waals surface area contributed by atoms with Crippen LogP contribution in [-0.4, -0.2) is 16.8 Å². The van der Waals surface area contributed by atoms with Crippen LogP contribution in [0.3, 0.4) is 0 Å². The highest BCUT2D eigenvalue weighted by molar-refractivity contribution is 5.33.